The number of nitrogens with one attached hydrogen (secondary N) is 1. The molecule has 0 aromatic carbocycles. The van der Waals surface area contributed by atoms with Crippen molar-refractivity contribution < 1.29 is 21.8 Å². The molecule has 2 unspecified atom stereocenters. The number of hydrogen-bond acceptors (Lipinski definition) is 4. The van der Waals surface area contributed by atoms with E-state index >= 15 is 0 Å². The minimum Gasteiger partial charge on any atom is -0.444 e. The third kappa shape index (κ3) is 3.62. The lowest BCUT2D eigenvalue weighted by Crippen LogP contribution is -2.53. The second kappa shape index (κ2) is 4.20. The molecule has 0 aliphatic heterocycles. The second-order valence-electron chi connectivity index (χ2n) is 4.84. The molecule has 1 N–H and O–H groups in total. The van der Waals surface area contributed by atoms with Gasteiger partial charge in [0.15, 0.2) is 0 Å². The summed E-state index contributed by atoms with van der Waals surface area (Å²) in [5.74, 6) is 0. The normalized spacial score (nSPS) is 25.8. The zero-order valence-electron chi connectivity index (χ0n) is 9.49. The van der Waals surface area contributed by atoms with Gasteiger partial charge in [-0.1, -0.05) is 0 Å². The molecular formula is C9H16FNO4S. The first-order valence-corrected chi connectivity index (χ1v) is 6.47. The van der Waals surface area contributed by atoms with Crippen LogP contribution in [0.5, 0.6) is 0 Å². The summed E-state index contributed by atoms with van der Waals surface area (Å²) in [6.07, 6.45) is -0.0299. The van der Waals surface area contributed by atoms with E-state index in [-0.39, 0.29) is 6.42 Å². The lowest BCUT2D eigenvalue weighted by molar-refractivity contribution is 0.0481. The molecule has 1 rings (SSSR count). The van der Waals surface area contributed by atoms with Crippen LogP contribution in [0.1, 0.15) is 33.6 Å². The van der Waals surface area contributed by atoms with Gasteiger partial charge in [-0.25, -0.2) is 4.79 Å². The number of hydrogen-bond donors (Lipinski definition) is 1. The summed E-state index contributed by atoms with van der Waals surface area (Å²) in [5.41, 5.74) is -0.655. The van der Waals surface area contributed by atoms with E-state index < -0.39 is 33.2 Å². The predicted octanol–water partition coefficient (Wildman–Crippen LogP) is 1.34. The van der Waals surface area contributed by atoms with Gasteiger partial charge in [0, 0.05) is 0 Å². The molecule has 2 atom stereocenters. The quantitative estimate of drug-likeness (QED) is 0.754. The highest BCUT2D eigenvalue weighted by Gasteiger charge is 2.42. The van der Waals surface area contributed by atoms with Gasteiger partial charge in [0.2, 0.25) is 0 Å². The van der Waals surface area contributed by atoms with E-state index in [0.29, 0.717) is 6.42 Å². The first-order chi connectivity index (χ1) is 7.09. The topological polar surface area (TPSA) is 72.5 Å². The Kier molecular flexibility index (Phi) is 3.47. The predicted molar refractivity (Wildman–Crippen MR) is 56.2 cm³/mol. The molecule has 0 aromatic rings. The Morgan fingerprint density at radius 3 is 2.25 bits per heavy atom. The van der Waals surface area contributed by atoms with Crippen molar-refractivity contribution in [2.24, 2.45) is 0 Å². The summed E-state index contributed by atoms with van der Waals surface area (Å²) in [4.78, 5) is 11.3. The van der Waals surface area contributed by atoms with Crippen molar-refractivity contribution in [1.82, 2.24) is 5.32 Å². The van der Waals surface area contributed by atoms with Crippen molar-refractivity contribution in [3.05, 3.63) is 0 Å². The van der Waals surface area contributed by atoms with Crippen LogP contribution >= 0.6 is 0 Å². The van der Waals surface area contributed by atoms with Crippen molar-refractivity contribution in [2.45, 2.75) is 50.5 Å². The lowest BCUT2D eigenvalue weighted by Gasteiger charge is -2.34. The molecule has 1 aliphatic carbocycles. The van der Waals surface area contributed by atoms with Gasteiger partial charge in [-0.15, -0.1) is 3.89 Å². The molecular weight excluding hydrogens is 237 g/mol. The molecule has 94 valence electrons. The molecule has 0 radical (unpaired) electrons. The third-order valence-electron chi connectivity index (χ3n) is 2.27. The molecule has 0 bridgehead atoms. The molecule has 1 aliphatic rings. The number of halogens is 1. The maximum absolute atomic E-state index is 12.7. The van der Waals surface area contributed by atoms with Crippen molar-refractivity contribution in [3.63, 3.8) is 0 Å². The van der Waals surface area contributed by atoms with Crippen LogP contribution in [-0.2, 0) is 15.0 Å². The molecule has 7 heteroatoms. The van der Waals surface area contributed by atoms with Gasteiger partial charge in [0.05, 0.1) is 6.04 Å². The van der Waals surface area contributed by atoms with Crippen LogP contribution in [0.15, 0.2) is 0 Å². The summed E-state index contributed by atoms with van der Waals surface area (Å²) in [7, 11) is -4.57. The average molecular weight is 253 g/mol. The molecule has 16 heavy (non-hydrogen) atoms. The Balaban J connectivity index is 2.48. The fourth-order valence-corrected chi connectivity index (χ4v) is 2.44. The Bertz CT molecular complexity index is 373. The maximum Gasteiger partial charge on any atom is 0.407 e. The van der Waals surface area contributed by atoms with Gasteiger partial charge in [0.25, 0.3) is 0 Å². The van der Waals surface area contributed by atoms with Gasteiger partial charge in [-0.05, 0) is 33.6 Å². The van der Waals surface area contributed by atoms with Gasteiger partial charge >= 0.3 is 16.3 Å². The standard InChI is InChI=1S/C9H16FNO4S/c1-9(2,3)15-8(12)11-6-4-5-7(6)16(10,13)14/h6-7H,4-5H2,1-3H3,(H,11,12). The summed E-state index contributed by atoms with van der Waals surface area (Å²) >= 11 is 0. The Morgan fingerprint density at radius 1 is 1.38 bits per heavy atom. The van der Waals surface area contributed by atoms with Gasteiger partial charge in [-0.2, -0.15) is 8.42 Å². The van der Waals surface area contributed by atoms with Crippen LogP contribution in [0.3, 0.4) is 0 Å². The maximum atomic E-state index is 12.7. The van der Waals surface area contributed by atoms with Gasteiger partial charge in [-0.3, -0.25) is 0 Å². The molecule has 0 spiro atoms. The number of amides is 1. The molecule has 1 saturated carbocycles. The summed E-state index contributed by atoms with van der Waals surface area (Å²) in [5, 5.41) is 1.22. The van der Waals surface area contributed by atoms with E-state index in [2.05, 4.69) is 5.32 Å². The molecule has 0 saturated heterocycles. The van der Waals surface area contributed by atoms with E-state index in [1.54, 1.807) is 20.8 Å². The molecule has 0 heterocycles. The van der Waals surface area contributed by atoms with Crippen molar-refractivity contribution in [1.29, 1.82) is 0 Å². The molecule has 5 nitrogen and oxygen atoms in total. The molecule has 0 aromatic heterocycles. The summed E-state index contributed by atoms with van der Waals surface area (Å²) in [6, 6.07) is -0.676. The highest BCUT2D eigenvalue weighted by atomic mass is 32.3. The van der Waals surface area contributed by atoms with E-state index in [4.69, 9.17) is 4.74 Å². The zero-order valence-corrected chi connectivity index (χ0v) is 10.3. The van der Waals surface area contributed by atoms with Crippen LogP contribution in [0.25, 0.3) is 0 Å². The second-order valence-corrected chi connectivity index (χ2v) is 6.40. The SMILES string of the molecule is CC(C)(C)OC(=O)NC1CCC1S(=O)(=O)F. The van der Waals surface area contributed by atoms with Crippen molar-refractivity contribution in [2.75, 3.05) is 0 Å². The fraction of sp³-hybridized carbons (Fsp3) is 0.889. The average Bonchev–Trinajstić information content (AvgIpc) is 1.90. The third-order valence-corrected chi connectivity index (χ3v) is 3.56. The lowest BCUT2D eigenvalue weighted by atomic mass is 9.92. The highest BCUT2D eigenvalue weighted by Crippen LogP contribution is 2.28. The first-order valence-electron chi connectivity index (χ1n) is 5.02. The fourth-order valence-electron chi connectivity index (χ4n) is 1.43. The van der Waals surface area contributed by atoms with Crippen molar-refractivity contribution >= 4 is 16.3 Å². The van der Waals surface area contributed by atoms with E-state index in [9.17, 15) is 17.1 Å². The monoisotopic (exact) mass is 253 g/mol. The highest BCUT2D eigenvalue weighted by molar-refractivity contribution is 7.87. The van der Waals surface area contributed by atoms with Gasteiger partial charge < -0.3 is 10.1 Å². The Labute approximate surface area is 94.6 Å². The minimum absolute atomic E-state index is 0.235. The molecule has 1 fully saturated rings. The number of rotatable bonds is 2. The minimum atomic E-state index is -4.57. The van der Waals surface area contributed by atoms with Crippen LogP contribution in [0.2, 0.25) is 0 Å². The van der Waals surface area contributed by atoms with Crippen LogP contribution in [0, 0.1) is 0 Å². The van der Waals surface area contributed by atoms with E-state index in [1.165, 1.54) is 0 Å². The zero-order chi connectivity index (χ0) is 12.6. The largest absolute Gasteiger partial charge is 0.444 e. The summed E-state index contributed by atoms with van der Waals surface area (Å²) in [6.45, 7) is 5.07. The van der Waals surface area contributed by atoms with E-state index in [1.807, 2.05) is 0 Å². The van der Waals surface area contributed by atoms with Gasteiger partial charge in [0.1, 0.15) is 10.9 Å². The number of carbonyl (C=O) groups excluding carboxylic acids is 1. The van der Waals surface area contributed by atoms with Crippen LogP contribution in [0.4, 0.5) is 8.68 Å². The smallest absolute Gasteiger partial charge is 0.407 e. The number of ether oxygens (including phenoxy) is 1. The van der Waals surface area contributed by atoms with Crippen LogP contribution < -0.4 is 5.32 Å². The Hall–Kier alpha value is -0.850. The Morgan fingerprint density at radius 2 is 1.94 bits per heavy atom. The number of carbonyl (C=O) groups is 1. The molecule has 1 amide bonds. The summed E-state index contributed by atoms with van der Waals surface area (Å²) < 4.78 is 38.9. The number of alkyl carbamates (subject to hydrolysis) is 1. The van der Waals surface area contributed by atoms with Crippen LogP contribution in [-0.4, -0.2) is 31.4 Å². The van der Waals surface area contributed by atoms with E-state index in [0.717, 1.165) is 0 Å². The van der Waals surface area contributed by atoms with Crippen molar-refractivity contribution in [3.8, 4) is 0 Å². The first kappa shape index (κ1) is 13.2.